The SMILES string of the molecule is Cc1ccc(OCc2ccc(C(=O)Nc3ccc(Cn4cccn4)cc3)o2)c(C)c1. The number of carbonyl (C=O) groups excluding carboxylic acids is 1. The Hall–Kier alpha value is -3.80. The minimum atomic E-state index is -0.299. The number of furan rings is 1. The fourth-order valence-electron chi connectivity index (χ4n) is 3.15. The number of ether oxygens (including phenoxy) is 1. The van der Waals surface area contributed by atoms with Crippen molar-refractivity contribution in [2.75, 3.05) is 5.32 Å². The van der Waals surface area contributed by atoms with E-state index in [1.165, 1.54) is 5.56 Å². The van der Waals surface area contributed by atoms with Crippen LogP contribution in [-0.2, 0) is 13.2 Å². The molecule has 0 radical (unpaired) electrons. The normalized spacial score (nSPS) is 10.7. The van der Waals surface area contributed by atoms with Gasteiger partial charge >= 0.3 is 0 Å². The Kier molecular flexibility index (Phi) is 5.66. The second-order valence-electron chi connectivity index (χ2n) is 7.18. The molecule has 6 heteroatoms. The van der Waals surface area contributed by atoms with E-state index in [-0.39, 0.29) is 18.3 Å². The Morgan fingerprint density at radius 2 is 1.93 bits per heavy atom. The predicted molar refractivity (Wildman–Crippen MR) is 115 cm³/mol. The summed E-state index contributed by atoms with van der Waals surface area (Å²) < 4.78 is 13.3. The number of amides is 1. The van der Waals surface area contributed by atoms with Gasteiger partial charge < -0.3 is 14.5 Å². The van der Waals surface area contributed by atoms with Crippen LogP contribution < -0.4 is 10.1 Å². The molecule has 0 saturated heterocycles. The lowest BCUT2D eigenvalue weighted by molar-refractivity contribution is 0.0992. The number of nitrogens with zero attached hydrogens (tertiary/aromatic N) is 2. The highest BCUT2D eigenvalue weighted by molar-refractivity contribution is 6.02. The maximum absolute atomic E-state index is 12.5. The van der Waals surface area contributed by atoms with Crippen molar-refractivity contribution in [1.29, 1.82) is 0 Å². The maximum atomic E-state index is 12.5. The Morgan fingerprint density at radius 1 is 1.10 bits per heavy atom. The summed E-state index contributed by atoms with van der Waals surface area (Å²) in [5, 5.41) is 7.04. The third-order valence-corrected chi connectivity index (χ3v) is 4.70. The number of carbonyl (C=O) groups is 1. The molecule has 0 aliphatic carbocycles. The quantitative estimate of drug-likeness (QED) is 0.475. The molecule has 4 rings (SSSR count). The summed E-state index contributed by atoms with van der Waals surface area (Å²) in [4.78, 5) is 12.5. The summed E-state index contributed by atoms with van der Waals surface area (Å²) in [6, 6.07) is 19.0. The van der Waals surface area contributed by atoms with Gasteiger partial charge in [0.25, 0.3) is 5.91 Å². The van der Waals surface area contributed by atoms with Gasteiger partial charge in [-0.05, 0) is 61.4 Å². The highest BCUT2D eigenvalue weighted by Gasteiger charge is 2.12. The first kappa shape index (κ1) is 19.5. The average Bonchev–Trinajstić information content (AvgIpc) is 3.41. The van der Waals surface area contributed by atoms with E-state index in [0.29, 0.717) is 18.0 Å². The third-order valence-electron chi connectivity index (χ3n) is 4.70. The number of aryl methyl sites for hydroxylation is 2. The van der Waals surface area contributed by atoms with Crippen molar-refractivity contribution in [3.8, 4) is 5.75 Å². The van der Waals surface area contributed by atoms with Crippen LogP contribution in [0.15, 0.2) is 77.5 Å². The molecule has 1 amide bonds. The molecular weight excluding hydrogens is 378 g/mol. The molecule has 0 atom stereocenters. The van der Waals surface area contributed by atoms with Gasteiger partial charge in [-0.1, -0.05) is 29.8 Å². The fraction of sp³-hybridized carbons (Fsp3) is 0.167. The molecule has 2 aromatic heterocycles. The molecular formula is C24H23N3O3. The first-order chi connectivity index (χ1) is 14.6. The Balaban J connectivity index is 1.33. The summed E-state index contributed by atoms with van der Waals surface area (Å²) in [5.41, 5.74) is 4.05. The molecule has 0 spiro atoms. The van der Waals surface area contributed by atoms with Crippen LogP contribution >= 0.6 is 0 Å². The van der Waals surface area contributed by atoms with Gasteiger partial charge in [0.15, 0.2) is 5.76 Å². The third kappa shape index (κ3) is 4.78. The number of rotatable bonds is 7. The average molecular weight is 401 g/mol. The molecule has 0 aliphatic rings. The van der Waals surface area contributed by atoms with Crippen LogP contribution in [0.4, 0.5) is 5.69 Å². The number of anilines is 1. The first-order valence-corrected chi connectivity index (χ1v) is 9.73. The van der Waals surface area contributed by atoms with Gasteiger partial charge in [0.1, 0.15) is 18.1 Å². The van der Waals surface area contributed by atoms with Crippen LogP contribution in [0.2, 0.25) is 0 Å². The van der Waals surface area contributed by atoms with E-state index >= 15 is 0 Å². The van der Waals surface area contributed by atoms with Crippen LogP contribution in [0.3, 0.4) is 0 Å². The standard InChI is InChI=1S/C24H23N3O3/c1-17-4-10-22(18(2)14-17)29-16-21-9-11-23(30-21)24(28)26-20-7-5-19(6-8-20)15-27-13-3-12-25-27/h3-14H,15-16H2,1-2H3,(H,26,28). The summed E-state index contributed by atoms with van der Waals surface area (Å²) in [6.07, 6.45) is 3.66. The number of benzene rings is 2. The molecule has 30 heavy (non-hydrogen) atoms. The van der Waals surface area contributed by atoms with Crippen LogP contribution in [0.5, 0.6) is 5.75 Å². The molecule has 0 bridgehead atoms. The van der Waals surface area contributed by atoms with Crippen molar-refractivity contribution in [3.63, 3.8) is 0 Å². The molecule has 2 heterocycles. The zero-order valence-corrected chi connectivity index (χ0v) is 17.0. The van der Waals surface area contributed by atoms with Gasteiger partial charge in [0.2, 0.25) is 0 Å². The second-order valence-corrected chi connectivity index (χ2v) is 7.18. The van der Waals surface area contributed by atoms with Crippen LogP contribution in [-0.4, -0.2) is 15.7 Å². The molecule has 4 aromatic rings. The van der Waals surface area contributed by atoms with Gasteiger partial charge in [-0.25, -0.2) is 0 Å². The fourth-order valence-corrected chi connectivity index (χ4v) is 3.15. The molecule has 0 saturated carbocycles. The second kappa shape index (κ2) is 8.69. The van der Waals surface area contributed by atoms with Gasteiger partial charge in [-0.2, -0.15) is 5.10 Å². The first-order valence-electron chi connectivity index (χ1n) is 9.73. The Bertz CT molecular complexity index is 1130. The predicted octanol–water partition coefficient (Wildman–Crippen LogP) is 4.97. The number of hydrogen-bond donors (Lipinski definition) is 1. The number of nitrogens with one attached hydrogen (secondary N) is 1. The van der Waals surface area contributed by atoms with Crippen LogP contribution in [0, 0.1) is 13.8 Å². The zero-order valence-electron chi connectivity index (χ0n) is 17.0. The van der Waals surface area contributed by atoms with E-state index in [9.17, 15) is 4.79 Å². The summed E-state index contributed by atoms with van der Waals surface area (Å²) in [6.45, 7) is 4.99. The van der Waals surface area contributed by atoms with Gasteiger partial charge in [-0.15, -0.1) is 0 Å². The minimum Gasteiger partial charge on any atom is -0.485 e. The van der Waals surface area contributed by atoms with Crippen molar-refractivity contribution < 1.29 is 13.9 Å². The van der Waals surface area contributed by atoms with E-state index in [2.05, 4.69) is 16.5 Å². The zero-order chi connectivity index (χ0) is 20.9. The molecule has 0 aliphatic heterocycles. The van der Waals surface area contributed by atoms with Crippen molar-refractivity contribution in [2.45, 2.75) is 27.0 Å². The molecule has 0 fully saturated rings. The number of aromatic nitrogens is 2. The van der Waals surface area contributed by atoms with E-state index in [0.717, 1.165) is 16.9 Å². The van der Waals surface area contributed by atoms with Gasteiger partial charge in [0, 0.05) is 18.1 Å². The lowest BCUT2D eigenvalue weighted by Gasteiger charge is -2.08. The molecule has 1 N–H and O–H groups in total. The smallest absolute Gasteiger partial charge is 0.291 e. The number of hydrogen-bond acceptors (Lipinski definition) is 4. The Labute approximate surface area is 175 Å². The topological polar surface area (TPSA) is 69.3 Å². The monoisotopic (exact) mass is 401 g/mol. The van der Waals surface area contributed by atoms with Crippen LogP contribution in [0.1, 0.15) is 33.0 Å². The van der Waals surface area contributed by atoms with E-state index in [1.807, 2.05) is 67.2 Å². The molecule has 0 unspecified atom stereocenters. The Morgan fingerprint density at radius 3 is 2.67 bits per heavy atom. The molecule has 2 aromatic carbocycles. The summed E-state index contributed by atoms with van der Waals surface area (Å²) in [7, 11) is 0. The van der Waals surface area contributed by atoms with E-state index < -0.39 is 0 Å². The van der Waals surface area contributed by atoms with Crippen LogP contribution in [0.25, 0.3) is 0 Å². The van der Waals surface area contributed by atoms with Crippen molar-refractivity contribution in [3.05, 3.63) is 101 Å². The van der Waals surface area contributed by atoms with Crippen molar-refractivity contribution >= 4 is 11.6 Å². The maximum Gasteiger partial charge on any atom is 0.291 e. The highest BCUT2D eigenvalue weighted by atomic mass is 16.5. The summed E-state index contributed by atoms with van der Waals surface area (Å²) >= 11 is 0. The summed E-state index contributed by atoms with van der Waals surface area (Å²) in [5.74, 6) is 1.34. The minimum absolute atomic E-state index is 0.245. The lowest BCUT2D eigenvalue weighted by atomic mass is 10.1. The van der Waals surface area contributed by atoms with Gasteiger partial charge in [-0.3, -0.25) is 9.48 Å². The van der Waals surface area contributed by atoms with Crippen molar-refractivity contribution in [2.24, 2.45) is 0 Å². The largest absolute Gasteiger partial charge is 0.485 e. The lowest BCUT2D eigenvalue weighted by Crippen LogP contribution is -2.11. The van der Waals surface area contributed by atoms with Gasteiger partial charge in [0.05, 0.1) is 6.54 Å². The van der Waals surface area contributed by atoms with E-state index in [1.54, 1.807) is 18.3 Å². The molecule has 6 nitrogen and oxygen atoms in total. The van der Waals surface area contributed by atoms with E-state index in [4.69, 9.17) is 9.15 Å². The molecule has 152 valence electrons. The van der Waals surface area contributed by atoms with Crippen molar-refractivity contribution in [1.82, 2.24) is 9.78 Å². The highest BCUT2D eigenvalue weighted by Crippen LogP contribution is 2.21.